The molecule has 1 aromatic heterocycles. The smallest absolute Gasteiger partial charge is 0.257 e. The Hall–Kier alpha value is -2.77. The fourth-order valence-electron chi connectivity index (χ4n) is 4.87. The van der Waals surface area contributed by atoms with Crippen molar-refractivity contribution in [1.82, 2.24) is 9.88 Å². The van der Waals surface area contributed by atoms with Crippen molar-refractivity contribution in [3.05, 3.63) is 66.0 Å². The van der Waals surface area contributed by atoms with Gasteiger partial charge in [-0.05, 0) is 49.2 Å². The van der Waals surface area contributed by atoms with Crippen LogP contribution in [0.3, 0.4) is 0 Å². The van der Waals surface area contributed by atoms with Crippen molar-refractivity contribution in [2.75, 3.05) is 36.4 Å². The third-order valence-electron chi connectivity index (χ3n) is 6.68. The summed E-state index contributed by atoms with van der Waals surface area (Å²) in [4.78, 5) is 22.5. The van der Waals surface area contributed by atoms with Crippen LogP contribution < -0.4 is 10.2 Å². The molecular weight excluding hydrogens is 435 g/mol. The highest BCUT2D eigenvalue weighted by Gasteiger charge is 2.28. The molecule has 1 saturated heterocycles. The van der Waals surface area contributed by atoms with Gasteiger partial charge < -0.3 is 4.90 Å². The summed E-state index contributed by atoms with van der Waals surface area (Å²) < 4.78 is 13.6. The summed E-state index contributed by atoms with van der Waals surface area (Å²) in [6, 6.07) is 16.3. The Labute approximate surface area is 198 Å². The molecule has 0 radical (unpaired) electrons. The van der Waals surface area contributed by atoms with E-state index in [1.165, 1.54) is 55.6 Å². The highest BCUT2D eigenvalue weighted by atomic mass is 32.1. The molecule has 1 amide bonds. The van der Waals surface area contributed by atoms with Gasteiger partial charge in [-0.3, -0.25) is 15.0 Å². The van der Waals surface area contributed by atoms with E-state index >= 15 is 0 Å². The molecule has 172 valence electrons. The maximum Gasteiger partial charge on any atom is 0.257 e. The molecule has 2 aliphatic rings. The van der Waals surface area contributed by atoms with Crippen molar-refractivity contribution >= 4 is 27.4 Å². The topological polar surface area (TPSA) is 48.5 Å². The van der Waals surface area contributed by atoms with Crippen molar-refractivity contribution in [3.8, 4) is 11.3 Å². The number of hydrogen-bond donors (Lipinski definition) is 1. The van der Waals surface area contributed by atoms with Crippen LogP contribution in [0.15, 0.2) is 54.6 Å². The average molecular weight is 465 g/mol. The number of thiazole rings is 1. The standard InChI is InChI=1S/C26H29FN4OS/c27-21-13-11-19(12-14-21)23-25(31-17-15-30(16-18-31)22-9-5-2-6-10-22)33-26(28-23)29-24(32)20-7-3-1-4-8-20/h1,3-4,7-8,11-14,22H,2,5-6,9-10,15-18H2,(H,28,29,32). The lowest BCUT2D eigenvalue weighted by Gasteiger charge is -2.41. The van der Waals surface area contributed by atoms with E-state index in [0.29, 0.717) is 10.7 Å². The lowest BCUT2D eigenvalue weighted by atomic mass is 9.94. The highest BCUT2D eigenvalue weighted by molar-refractivity contribution is 7.20. The molecule has 0 spiro atoms. The van der Waals surface area contributed by atoms with Gasteiger partial charge in [0.05, 0.1) is 0 Å². The number of rotatable bonds is 5. The number of carbonyl (C=O) groups is 1. The third-order valence-corrected chi connectivity index (χ3v) is 7.71. The van der Waals surface area contributed by atoms with Gasteiger partial charge in [-0.25, -0.2) is 9.37 Å². The first kappa shape index (κ1) is 22.0. The van der Waals surface area contributed by atoms with Crippen LogP contribution in [0.1, 0.15) is 42.5 Å². The monoisotopic (exact) mass is 464 g/mol. The predicted octanol–water partition coefficient (Wildman–Crippen LogP) is 5.66. The summed E-state index contributed by atoms with van der Waals surface area (Å²) in [5.41, 5.74) is 2.26. The van der Waals surface area contributed by atoms with Gasteiger partial charge in [-0.2, -0.15) is 0 Å². The van der Waals surface area contributed by atoms with Crippen molar-refractivity contribution in [3.63, 3.8) is 0 Å². The second-order valence-corrected chi connectivity index (χ2v) is 9.79. The van der Waals surface area contributed by atoms with E-state index in [1.54, 1.807) is 24.3 Å². The summed E-state index contributed by atoms with van der Waals surface area (Å²) in [5.74, 6) is -0.446. The predicted molar refractivity (Wildman–Crippen MR) is 133 cm³/mol. The Balaban J connectivity index is 1.37. The van der Waals surface area contributed by atoms with Gasteiger partial charge in [-0.15, -0.1) is 0 Å². The molecule has 2 heterocycles. The fraction of sp³-hybridized carbons (Fsp3) is 0.385. The molecule has 0 unspecified atom stereocenters. The summed E-state index contributed by atoms with van der Waals surface area (Å²) in [7, 11) is 0. The minimum absolute atomic E-state index is 0.177. The van der Waals surface area contributed by atoms with E-state index < -0.39 is 0 Å². The highest BCUT2D eigenvalue weighted by Crippen LogP contribution is 2.39. The molecule has 1 N–H and O–H groups in total. The quantitative estimate of drug-likeness (QED) is 0.530. The Morgan fingerprint density at radius 1 is 0.939 bits per heavy atom. The first-order chi connectivity index (χ1) is 16.2. The molecule has 1 aliphatic heterocycles. The lowest BCUT2D eigenvalue weighted by Crippen LogP contribution is -2.50. The number of aromatic nitrogens is 1. The minimum Gasteiger partial charge on any atom is -0.359 e. The fourth-order valence-corrected chi connectivity index (χ4v) is 5.91. The minimum atomic E-state index is -0.269. The van der Waals surface area contributed by atoms with Crippen LogP contribution in [0, 0.1) is 5.82 Å². The summed E-state index contributed by atoms with van der Waals surface area (Å²) in [5, 5.41) is 4.56. The molecule has 2 fully saturated rings. The van der Waals surface area contributed by atoms with E-state index in [1.807, 2.05) is 18.2 Å². The zero-order valence-corrected chi connectivity index (χ0v) is 19.5. The molecule has 7 heteroatoms. The van der Waals surface area contributed by atoms with Gasteiger partial charge in [0.2, 0.25) is 0 Å². The second-order valence-electron chi connectivity index (χ2n) is 8.81. The molecule has 0 atom stereocenters. The van der Waals surface area contributed by atoms with Gasteiger partial charge >= 0.3 is 0 Å². The van der Waals surface area contributed by atoms with Gasteiger partial charge in [0.25, 0.3) is 5.91 Å². The van der Waals surface area contributed by atoms with E-state index in [0.717, 1.165) is 48.5 Å². The molecule has 2 aromatic carbocycles. The van der Waals surface area contributed by atoms with Crippen LogP contribution in [0.5, 0.6) is 0 Å². The first-order valence-electron chi connectivity index (χ1n) is 11.8. The Morgan fingerprint density at radius 3 is 2.33 bits per heavy atom. The van der Waals surface area contributed by atoms with Crippen molar-refractivity contribution < 1.29 is 9.18 Å². The van der Waals surface area contributed by atoms with Gasteiger partial charge in [0, 0.05) is 43.3 Å². The van der Waals surface area contributed by atoms with Gasteiger partial charge in [0.1, 0.15) is 16.5 Å². The summed E-state index contributed by atoms with van der Waals surface area (Å²) in [6.45, 7) is 3.94. The van der Waals surface area contributed by atoms with Crippen LogP contribution in [0.2, 0.25) is 0 Å². The van der Waals surface area contributed by atoms with Gasteiger partial charge in [-0.1, -0.05) is 48.8 Å². The zero-order valence-electron chi connectivity index (χ0n) is 18.7. The molecule has 0 bridgehead atoms. The summed E-state index contributed by atoms with van der Waals surface area (Å²) in [6.07, 6.45) is 6.70. The molecule has 5 rings (SSSR count). The number of nitrogens with one attached hydrogen (secondary N) is 1. The number of amides is 1. The van der Waals surface area contributed by atoms with E-state index in [-0.39, 0.29) is 11.7 Å². The number of carbonyl (C=O) groups excluding carboxylic acids is 1. The Morgan fingerprint density at radius 2 is 1.64 bits per heavy atom. The van der Waals surface area contributed by atoms with Crippen molar-refractivity contribution in [1.29, 1.82) is 0 Å². The van der Waals surface area contributed by atoms with E-state index in [9.17, 15) is 9.18 Å². The van der Waals surface area contributed by atoms with Crippen LogP contribution in [0.4, 0.5) is 14.5 Å². The SMILES string of the molecule is O=C(Nc1nc(-c2ccc(F)cc2)c(N2CCN(C3CCCCC3)CC2)s1)c1ccccc1. The Kier molecular flexibility index (Phi) is 6.69. The average Bonchev–Trinajstić information content (AvgIpc) is 3.29. The molecule has 5 nitrogen and oxygen atoms in total. The lowest BCUT2D eigenvalue weighted by molar-refractivity contribution is 0.102. The molecule has 33 heavy (non-hydrogen) atoms. The van der Waals surface area contributed by atoms with E-state index in [4.69, 9.17) is 4.98 Å². The van der Waals surface area contributed by atoms with Crippen LogP contribution >= 0.6 is 11.3 Å². The van der Waals surface area contributed by atoms with Gasteiger partial charge in [0.15, 0.2) is 5.13 Å². The van der Waals surface area contributed by atoms with Crippen LogP contribution in [0.25, 0.3) is 11.3 Å². The zero-order chi connectivity index (χ0) is 22.6. The molecular formula is C26H29FN4OS. The number of piperazine rings is 1. The van der Waals surface area contributed by atoms with Crippen LogP contribution in [-0.4, -0.2) is 48.0 Å². The number of halogens is 1. The molecule has 1 aliphatic carbocycles. The molecule has 3 aromatic rings. The second kappa shape index (κ2) is 10.0. The maximum absolute atomic E-state index is 13.6. The van der Waals surface area contributed by atoms with Crippen molar-refractivity contribution in [2.45, 2.75) is 38.1 Å². The van der Waals surface area contributed by atoms with Crippen molar-refractivity contribution in [2.24, 2.45) is 0 Å². The number of nitrogens with zero attached hydrogens (tertiary/aromatic N) is 3. The largest absolute Gasteiger partial charge is 0.359 e. The normalized spacial score (nSPS) is 17.8. The third kappa shape index (κ3) is 5.09. The summed E-state index contributed by atoms with van der Waals surface area (Å²) >= 11 is 1.50. The Bertz CT molecular complexity index is 1070. The first-order valence-corrected chi connectivity index (χ1v) is 12.6. The molecule has 1 saturated carbocycles. The number of benzene rings is 2. The van der Waals surface area contributed by atoms with Crippen LogP contribution in [-0.2, 0) is 0 Å². The maximum atomic E-state index is 13.6. The number of hydrogen-bond acceptors (Lipinski definition) is 5. The van der Waals surface area contributed by atoms with E-state index in [2.05, 4.69) is 15.1 Å². The number of anilines is 2.